The molecule has 3 aromatic rings. The number of hydrogen-bond acceptors (Lipinski definition) is 5. The van der Waals surface area contributed by atoms with Crippen LogP contribution < -0.4 is 22.3 Å². The number of anilines is 1. The van der Waals surface area contributed by atoms with Gasteiger partial charge < -0.3 is 31.5 Å². The van der Waals surface area contributed by atoms with Crippen LogP contribution in [0.15, 0.2) is 72.1 Å². The number of para-hydroxylation sites is 1. The molecular formula is C28H31BrN2O3S. The fourth-order valence-corrected chi connectivity index (χ4v) is 6.21. The SMILES string of the molecule is Cc1csc(C(=O)C[N+]23CCC(CC2)[C@@H](OC(=O)[C@H](Nc2ccccc2)c2ccccc2)C3)c1.[Br-]. The molecule has 3 aliphatic heterocycles. The maximum absolute atomic E-state index is 13.5. The second-order valence-corrected chi connectivity index (χ2v) is 10.6. The number of ketones is 1. The molecule has 0 saturated carbocycles. The second kappa shape index (κ2) is 11.1. The Morgan fingerprint density at radius 1 is 1.06 bits per heavy atom. The maximum Gasteiger partial charge on any atom is 0.333 e. The van der Waals surface area contributed by atoms with E-state index in [0.29, 0.717) is 12.5 Å². The standard InChI is InChI=1S/C28H31N2O3S.BrH/c1-20-16-26(34-19-20)24(31)17-30-14-12-21(13-15-30)25(18-30)33-28(32)27(22-8-4-2-5-9-22)29-23-10-6-3-7-11-23;/h2-11,16,19,21,25,27,29H,12-15,17-18H2,1H3;1H/q+1;/p-1/t21?,25-,27+,30?;/m0./s1. The zero-order chi connectivity index (χ0) is 23.5. The molecule has 7 heteroatoms. The highest BCUT2D eigenvalue weighted by atomic mass is 79.9. The van der Waals surface area contributed by atoms with Gasteiger partial charge in [-0.2, -0.15) is 0 Å². The molecule has 0 unspecified atom stereocenters. The number of halogens is 1. The Hall–Kier alpha value is -2.48. The van der Waals surface area contributed by atoms with Crippen LogP contribution in [0.3, 0.4) is 0 Å². The van der Waals surface area contributed by atoms with Crippen molar-refractivity contribution in [3.63, 3.8) is 0 Å². The van der Waals surface area contributed by atoms with Crippen molar-refractivity contribution in [1.82, 2.24) is 0 Å². The van der Waals surface area contributed by atoms with Gasteiger partial charge in [0.2, 0.25) is 5.78 Å². The van der Waals surface area contributed by atoms with Gasteiger partial charge in [-0.1, -0.05) is 48.5 Å². The summed E-state index contributed by atoms with van der Waals surface area (Å²) < 4.78 is 6.93. The van der Waals surface area contributed by atoms with Crippen LogP contribution in [0.25, 0.3) is 0 Å². The third-order valence-corrected chi connectivity index (χ3v) is 8.34. The number of piperidine rings is 3. The molecule has 0 amide bonds. The van der Waals surface area contributed by atoms with Gasteiger partial charge in [-0.25, -0.2) is 4.79 Å². The van der Waals surface area contributed by atoms with E-state index in [1.807, 2.05) is 79.0 Å². The Balaban J connectivity index is 0.00000289. The number of carbonyl (C=O) groups excluding carboxylic acids is 2. The summed E-state index contributed by atoms with van der Waals surface area (Å²) in [5.41, 5.74) is 2.89. The molecule has 1 N–H and O–H groups in total. The molecule has 4 heterocycles. The van der Waals surface area contributed by atoms with Gasteiger partial charge in [-0.3, -0.25) is 4.79 Å². The summed E-state index contributed by atoms with van der Waals surface area (Å²) in [5.74, 6) is 0.319. The van der Waals surface area contributed by atoms with E-state index < -0.39 is 6.04 Å². The molecule has 0 radical (unpaired) electrons. The van der Waals surface area contributed by atoms with Crippen molar-refractivity contribution in [2.24, 2.45) is 5.92 Å². The lowest BCUT2D eigenvalue weighted by molar-refractivity contribution is -0.938. The Kier molecular flexibility index (Phi) is 8.09. The molecular weight excluding hydrogens is 524 g/mol. The van der Waals surface area contributed by atoms with Crippen molar-refractivity contribution < 1.29 is 35.8 Å². The number of quaternary nitrogens is 1. The number of aryl methyl sites for hydroxylation is 1. The largest absolute Gasteiger partial charge is 1.00 e. The van der Waals surface area contributed by atoms with Crippen molar-refractivity contribution in [2.75, 3.05) is 31.5 Å². The second-order valence-electron chi connectivity index (χ2n) is 9.71. The topological polar surface area (TPSA) is 55.4 Å². The molecule has 3 fully saturated rings. The summed E-state index contributed by atoms with van der Waals surface area (Å²) in [4.78, 5) is 27.3. The molecule has 2 atom stereocenters. The molecule has 0 aliphatic carbocycles. The lowest BCUT2D eigenvalue weighted by Crippen LogP contribution is -3.00. The number of nitrogens with one attached hydrogen (secondary N) is 1. The number of ether oxygens (including phenoxy) is 1. The number of Topliss-reactive ketones (excluding diaryl/α,β-unsaturated/α-hetero) is 1. The van der Waals surface area contributed by atoms with Crippen molar-refractivity contribution in [2.45, 2.75) is 31.9 Å². The number of esters is 1. The summed E-state index contributed by atoms with van der Waals surface area (Å²) in [6.45, 7) is 5.21. The van der Waals surface area contributed by atoms with Crippen LogP contribution in [0.1, 0.15) is 39.7 Å². The molecule has 2 bridgehead atoms. The van der Waals surface area contributed by atoms with E-state index in [0.717, 1.165) is 58.7 Å². The molecule has 0 spiro atoms. The average molecular weight is 556 g/mol. The van der Waals surface area contributed by atoms with Gasteiger partial charge in [0.25, 0.3) is 0 Å². The zero-order valence-corrected chi connectivity index (χ0v) is 22.3. The number of carbonyl (C=O) groups is 2. The third-order valence-electron chi connectivity index (χ3n) is 7.25. The minimum atomic E-state index is -0.580. The van der Waals surface area contributed by atoms with Crippen LogP contribution in [0.2, 0.25) is 0 Å². The quantitative estimate of drug-likeness (QED) is 0.263. The van der Waals surface area contributed by atoms with Gasteiger partial charge in [-0.15, -0.1) is 11.3 Å². The van der Waals surface area contributed by atoms with Gasteiger partial charge in [0.1, 0.15) is 13.1 Å². The van der Waals surface area contributed by atoms with Gasteiger partial charge in [-0.05, 0) is 41.6 Å². The lowest BCUT2D eigenvalue weighted by atomic mass is 9.83. The molecule has 184 valence electrons. The molecule has 5 nitrogen and oxygen atoms in total. The number of nitrogens with zero attached hydrogens (tertiary/aromatic N) is 1. The van der Waals surface area contributed by atoms with E-state index in [9.17, 15) is 9.59 Å². The van der Waals surface area contributed by atoms with Crippen molar-refractivity contribution >= 4 is 28.8 Å². The smallest absolute Gasteiger partial charge is 0.333 e. The van der Waals surface area contributed by atoms with Crippen LogP contribution in [0.4, 0.5) is 5.69 Å². The van der Waals surface area contributed by atoms with Crippen molar-refractivity contribution in [3.05, 3.63) is 88.1 Å². The Morgan fingerprint density at radius 3 is 2.34 bits per heavy atom. The van der Waals surface area contributed by atoms with Crippen LogP contribution in [0, 0.1) is 12.8 Å². The number of fused-ring (bicyclic) bond motifs is 3. The first-order valence-corrected chi connectivity index (χ1v) is 12.9. The average Bonchev–Trinajstić information content (AvgIpc) is 3.31. The van der Waals surface area contributed by atoms with E-state index in [4.69, 9.17) is 4.74 Å². The van der Waals surface area contributed by atoms with Gasteiger partial charge in [0, 0.05) is 24.4 Å². The Bertz CT molecular complexity index is 1140. The van der Waals surface area contributed by atoms with E-state index in [-0.39, 0.29) is 34.8 Å². The number of hydrogen-bond donors (Lipinski definition) is 1. The van der Waals surface area contributed by atoms with Crippen LogP contribution >= 0.6 is 11.3 Å². The Labute approximate surface area is 221 Å². The first-order valence-electron chi connectivity index (χ1n) is 12.0. The van der Waals surface area contributed by atoms with Crippen molar-refractivity contribution in [3.8, 4) is 0 Å². The van der Waals surface area contributed by atoms with Gasteiger partial charge >= 0.3 is 5.97 Å². The highest BCUT2D eigenvalue weighted by Crippen LogP contribution is 2.37. The number of rotatable bonds is 8. The van der Waals surface area contributed by atoms with Crippen molar-refractivity contribution in [1.29, 1.82) is 0 Å². The minimum absolute atomic E-state index is 0. The summed E-state index contributed by atoms with van der Waals surface area (Å²) in [5, 5.41) is 5.39. The van der Waals surface area contributed by atoms with Gasteiger partial charge in [0.05, 0.1) is 18.0 Å². The first-order chi connectivity index (χ1) is 16.5. The predicted molar refractivity (Wildman–Crippen MR) is 135 cm³/mol. The summed E-state index contributed by atoms with van der Waals surface area (Å²) in [6, 6.07) is 20.9. The van der Waals surface area contributed by atoms with Crippen LogP contribution in [-0.2, 0) is 9.53 Å². The first kappa shape index (κ1) is 25.6. The van der Waals surface area contributed by atoms with E-state index in [2.05, 4.69) is 5.32 Å². The lowest BCUT2D eigenvalue weighted by Gasteiger charge is -2.51. The molecule has 2 aromatic carbocycles. The van der Waals surface area contributed by atoms with Gasteiger partial charge in [0.15, 0.2) is 12.1 Å². The predicted octanol–water partition coefficient (Wildman–Crippen LogP) is 2.25. The normalized spacial score (nSPS) is 23.7. The molecule has 1 aromatic heterocycles. The van der Waals surface area contributed by atoms with Crippen LogP contribution in [-0.4, -0.2) is 48.5 Å². The minimum Gasteiger partial charge on any atom is -1.00 e. The summed E-state index contributed by atoms with van der Waals surface area (Å²) in [6.07, 6.45) is 1.84. The molecule has 6 rings (SSSR count). The molecule has 3 aliphatic rings. The highest BCUT2D eigenvalue weighted by Gasteiger charge is 2.49. The fourth-order valence-electron chi connectivity index (χ4n) is 5.38. The van der Waals surface area contributed by atoms with E-state index in [1.165, 1.54) is 11.3 Å². The highest BCUT2D eigenvalue weighted by molar-refractivity contribution is 7.12. The fraction of sp³-hybridized carbons (Fsp3) is 0.357. The monoisotopic (exact) mass is 554 g/mol. The molecule has 35 heavy (non-hydrogen) atoms. The van der Waals surface area contributed by atoms with Crippen LogP contribution in [0.5, 0.6) is 0 Å². The third kappa shape index (κ3) is 5.85. The molecule has 3 saturated heterocycles. The zero-order valence-electron chi connectivity index (χ0n) is 19.9. The maximum atomic E-state index is 13.5. The van der Waals surface area contributed by atoms with E-state index in [1.54, 1.807) is 0 Å². The summed E-state index contributed by atoms with van der Waals surface area (Å²) in [7, 11) is 0. The Morgan fingerprint density at radius 2 is 1.71 bits per heavy atom. The number of benzene rings is 2. The summed E-state index contributed by atoms with van der Waals surface area (Å²) >= 11 is 1.53. The van der Waals surface area contributed by atoms with E-state index >= 15 is 0 Å². The number of thiophene rings is 1.